The highest BCUT2D eigenvalue weighted by Gasteiger charge is 0.566. The van der Waals surface area contributed by atoms with E-state index in [-0.39, 0.29) is 28.3 Å². The molecular formula is HAlNSi2. The summed E-state index contributed by atoms with van der Waals surface area (Å²) in [6.45, 7) is 0. The van der Waals surface area contributed by atoms with Crippen LogP contribution in [0.1, 0.15) is 0 Å². The number of hydrogen-bond acceptors (Lipinski definition) is 1. The third-order valence-electron chi connectivity index (χ3n) is 0. The van der Waals surface area contributed by atoms with Gasteiger partial charge in [-0.15, -0.1) is 0 Å². The summed E-state index contributed by atoms with van der Waals surface area (Å²) in [7, 11) is 1.42. The summed E-state index contributed by atoms with van der Waals surface area (Å²) in [6, 6.07) is 0. The van der Waals surface area contributed by atoms with Crippen LogP contribution in [0.2, 0.25) is 0 Å². The predicted molar refractivity (Wildman–Crippen MR) is 20.4 cm³/mol. The lowest BCUT2D eigenvalue weighted by atomic mass is 14.0. The quantitative estimate of drug-likeness (QED) is 0.342. The number of hydrogen-bond donors (Lipinski definition) is 0. The van der Waals surface area contributed by atoms with Crippen LogP contribution in [-0.4, -0.2) is 38.2 Å². The molecule has 17 valence electrons. The van der Waals surface area contributed by atoms with Crippen LogP contribution in [0.4, 0.5) is 0 Å². The van der Waals surface area contributed by atoms with E-state index < -0.39 is 0 Å². The third-order valence-corrected chi connectivity index (χ3v) is 0. The van der Waals surface area contributed by atoms with Gasteiger partial charge in [-0.1, -0.05) is 0 Å². The first-order valence-electron chi connectivity index (χ1n) is 0.258. The van der Waals surface area contributed by atoms with Crippen molar-refractivity contribution in [3.8, 4) is 0 Å². The van der Waals surface area contributed by atoms with Crippen LogP contribution in [0.5, 0.6) is 0 Å². The Morgan fingerprint density at radius 2 is 1.25 bits per heavy atom. The summed E-state index contributed by atoms with van der Waals surface area (Å²) in [4.78, 5) is 6.92. The Morgan fingerprint density at radius 1 is 1.25 bits per heavy atom. The van der Waals surface area contributed by atoms with Gasteiger partial charge < -0.3 is 0 Å². The third kappa shape index (κ3) is 16.4. The maximum Gasteiger partial charge on any atom is 0.176 e. The molecule has 0 saturated carbocycles. The fourth-order valence-electron chi connectivity index (χ4n) is 0. The van der Waals surface area contributed by atoms with Gasteiger partial charge >= 0.3 is 0 Å². The molecule has 1 nitrogen and oxygen atoms in total. The summed E-state index contributed by atoms with van der Waals surface area (Å²) in [5, 5.41) is 0. The zero-order chi connectivity index (χ0) is 2.00. The van der Waals surface area contributed by atoms with Gasteiger partial charge in [0.25, 0.3) is 0 Å². The Hall–Kier alpha value is 0.676. The van der Waals surface area contributed by atoms with Gasteiger partial charge in [0, 0.05) is 28.3 Å². The summed E-state index contributed by atoms with van der Waals surface area (Å²) >= 11 is 0. The van der Waals surface area contributed by atoms with Crippen molar-refractivity contribution in [1.29, 1.82) is 4.89 Å². The van der Waals surface area contributed by atoms with E-state index in [9.17, 15) is 0 Å². The minimum absolute atomic E-state index is 0. The second-order valence-corrected chi connectivity index (χ2v) is 0. The van der Waals surface area contributed by atoms with Crippen molar-refractivity contribution in [2.24, 2.45) is 0 Å². The maximum atomic E-state index is 6.92. The monoisotopic (exact) mass is 97.9 g/mol. The Morgan fingerprint density at radius 3 is 1.25 bits per heavy atom. The molecule has 4 heteroatoms. The summed E-state index contributed by atoms with van der Waals surface area (Å²) in [5.41, 5.74) is 0. The molecule has 7 radical (unpaired) electrons. The lowest BCUT2D eigenvalue weighted by Gasteiger charge is -0.679. The van der Waals surface area contributed by atoms with Crippen molar-refractivity contribution in [3.05, 3.63) is 0 Å². The summed E-state index contributed by atoms with van der Waals surface area (Å²) in [6.07, 6.45) is 0. The molecule has 0 aromatic rings. The van der Waals surface area contributed by atoms with Gasteiger partial charge in [0.05, 0.1) is 0 Å². The van der Waals surface area contributed by atoms with Crippen LogP contribution in [0.3, 0.4) is 0 Å². The van der Waals surface area contributed by atoms with Gasteiger partial charge in [-0.2, -0.15) is 0 Å². The number of rotatable bonds is 0. The molecule has 0 aliphatic heterocycles. The highest BCUT2D eigenvalue weighted by molar-refractivity contribution is 5.84. The average Bonchev–Trinajstić information content (AvgIpc) is 1.00. The van der Waals surface area contributed by atoms with E-state index in [0.29, 0.717) is 0 Å². The Labute approximate surface area is 43.6 Å². The fourth-order valence-corrected chi connectivity index (χ4v) is 0. The minimum atomic E-state index is 0. The molecule has 4 heavy (non-hydrogen) atoms. The Balaban J connectivity index is -0.00000000500. The first kappa shape index (κ1) is 22.5. The molecular weight excluding hydrogens is 97.2 g/mol. The van der Waals surface area contributed by atoms with E-state index in [2.05, 4.69) is 0 Å². The molecule has 0 spiro atoms. The highest BCUT2D eigenvalue weighted by atomic mass is 28.1. The fraction of sp³-hybridized carbons (Fsp3) is 0. The first-order valence-corrected chi connectivity index (χ1v) is 0.775. The predicted octanol–water partition coefficient (Wildman–Crippen LogP) is -1.40. The zero-order valence-corrected chi connectivity index (χ0v) is 5.41. The Bertz CT molecular complexity index is 10.8. The second-order valence-electron chi connectivity index (χ2n) is 0. The largest absolute Gasteiger partial charge is 0.289 e. The standard InChI is InChI=1S/Al.HNSi.Si/c;1-2;/h;2H;. The molecule has 0 amide bonds. The van der Waals surface area contributed by atoms with Crippen molar-refractivity contribution < 1.29 is 0 Å². The second kappa shape index (κ2) is 57.6. The van der Waals surface area contributed by atoms with Gasteiger partial charge in [-0.3, -0.25) is 4.89 Å². The van der Waals surface area contributed by atoms with Crippen molar-refractivity contribution in [2.75, 3.05) is 0 Å². The molecule has 0 fully saturated rings. The zero-order valence-electron chi connectivity index (χ0n) is 2.10. The highest BCUT2D eigenvalue weighted by Crippen LogP contribution is 0.427. The summed E-state index contributed by atoms with van der Waals surface area (Å²) in [5.74, 6) is 0. The number of nitrogens with zero attached hydrogens (tertiary/aromatic N) is 1. The van der Waals surface area contributed by atoms with E-state index in [0.717, 1.165) is 0 Å². The minimum Gasteiger partial charge on any atom is -0.289 e. The van der Waals surface area contributed by atoms with Crippen molar-refractivity contribution >= 4 is 38.2 Å². The Kier molecular flexibility index (Phi) is 324. The van der Waals surface area contributed by atoms with Gasteiger partial charge in [0.1, 0.15) is 0 Å². The molecule has 0 aromatic carbocycles. The molecule has 0 heterocycles. The van der Waals surface area contributed by atoms with Crippen molar-refractivity contribution in [2.45, 2.75) is 0 Å². The lowest BCUT2D eigenvalue weighted by molar-refractivity contribution is 1.64. The molecule has 0 aliphatic carbocycles. The molecule has 0 atom stereocenters. The summed E-state index contributed by atoms with van der Waals surface area (Å²) < 4.78 is 0. The SMILES string of the molecule is N#[SiH].[Al].[Si]. The van der Waals surface area contributed by atoms with E-state index >= 15 is 0 Å². The molecule has 0 saturated heterocycles. The first-order chi connectivity index (χ1) is 1.00. The van der Waals surface area contributed by atoms with Gasteiger partial charge in [-0.25, -0.2) is 0 Å². The maximum absolute atomic E-state index is 6.92. The van der Waals surface area contributed by atoms with Gasteiger partial charge in [0.15, 0.2) is 9.88 Å². The van der Waals surface area contributed by atoms with Crippen LogP contribution in [0.15, 0.2) is 0 Å². The molecule has 0 aliphatic rings. The van der Waals surface area contributed by atoms with Crippen molar-refractivity contribution in [3.63, 3.8) is 0 Å². The smallest absolute Gasteiger partial charge is 0.176 e. The van der Waals surface area contributed by atoms with Gasteiger partial charge in [-0.05, 0) is 0 Å². The van der Waals surface area contributed by atoms with Crippen LogP contribution >= 0.6 is 0 Å². The van der Waals surface area contributed by atoms with E-state index in [1.807, 2.05) is 0 Å². The van der Waals surface area contributed by atoms with E-state index in [1.54, 1.807) is 0 Å². The lowest BCUT2D eigenvalue weighted by Crippen LogP contribution is -0.793. The van der Waals surface area contributed by atoms with Gasteiger partial charge in [0.2, 0.25) is 0 Å². The average molecular weight is 98.2 g/mol. The molecule has 0 unspecified atom stereocenters. The van der Waals surface area contributed by atoms with Crippen LogP contribution in [0, 0.1) is 4.89 Å². The van der Waals surface area contributed by atoms with Crippen LogP contribution in [0.25, 0.3) is 0 Å². The molecule has 0 aromatic heterocycles. The topological polar surface area (TPSA) is 23.8 Å². The van der Waals surface area contributed by atoms with Crippen LogP contribution < -0.4 is 0 Å². The van der Waals surface area contributed by atoms with E-state index in [4.69, 9.17) is 4.89 Å². The van der Waals surface area contributed by atoms with Crippen molar-refractivity contribution in [1.82, 2.24) is 0 Å². The molecule has 0 bridgehead atoms. The van der Waals surface area contributed by atoms with E-state index in [1.165, 1.54) is 9.88 Å². The molecule has 0 rings (SSSR count). The van der Waals surface area contributed by atoms with Crippen LogP contribution in [-0.2, 0) is 0 Å². The normalized spacial score (nSPS) is 0.500. The molecule has 0 N–H and O–H groups in total.